The molecule has 1 saturated carbocycles. The Hall–Kier alpha value is -1.45. The highest BCUT2D eigenvalue weighted by atomic mass is 19.3. The SMILES string of the molecule is CC(OC(=O)[C@H]1CCC(F)(F)C1)c1ccccc1. The van der Waals surface area contributed by atoms with E-state index in [0.29, 0.717) is 0 Å². The average Bonchev–Trinajstić information content (AvgIpc) is 2.71. The minimum Gasteiger partial charge on any atom is -0.458 e. The Balaban J connectivity index is 1.92. The number of benzene rings is 1. The average molecular weight is 254 g/mol. The van der Waals surface area contributed by atoms with E-state index in [1.54, 1.807) is 6.92 Å². The van der Waals surface area contributed by atoms with Gasteiger partial charge >= 0.3 is 5.97 Å². The van der Waals surface area contributed by atoms with Gasteiger partial charge in [0.05, 0.1) is 5.92 Å². The van der Waals surface area contributed by atoms with Gasteiger partial charge in [-0.15, -0.1) is 0 Å². The molecule has 2 atom stereocenters. The van der Waals surface area contributed by atoms with Crippen molar-refractivity contribution in [3.05, 3.63) is 35.9 Å². The van der Waals surface area contributed by atoms with E-state index in [4.69, 9.17) is 4.74 Å². The summed E-state index contributed by atoms with van der Waals surface area (Å²) < 4.78 is 31.3. The molecule has 2 rings (SSSR count). The zero-order valence-electron chi connectivity index (χ0n) is 10.2. The molecule has 1 aromatic carbocycles. The highest BCUT2D eigenvalue weighted by Crippen LogP contribution is 2.39. The molecule has 0 radical (unpaired) electrons. The highest BCUT2D eigenvalue weighted by molar-refractivity contribution is 5.73. The quantitative estimate of drug-likeness (QED) is 0.768. The van der Waals surface area contributed by atoms with E-state index in [-0.39, 0.29) is 19.3 Å². The van der Waals surface area contributed by atoms with Crippen LogP contribution < -0.4 is 0 Å². The van der Waals surface area contributed by atoms with Gasteiger partial charge in [-0.2, -0.15) is 0 Å². The van der Waals surface area contributed by atoms with Gasteiger partial charge in [0.2, 0.25) is 5.92 Å². The molecule has 0 saturated heterocycles. The normalized spacial score (nSPS) is 23.6. The van der Waals surface area contributed by atoms with E-state index in [9.17, 15) is 13.6 Å². The molecular weight excluding hydrogens is 238 g/mol. The van der Waals surface area contributed by atoms with Gasteiger partial charge in [-0.1, -0.05) is 30.3 Å². The van der Waals surface area contributed by atoms with Gasteiger partial charge < -0.3 is 4.74 Å². The first-order valence-electron chi connectivity index (χ1n) is 6.11. The topological polar surface area (TPSA) is 26.3 Å². The van der Waals surface area contributed by atoms with Crippen molar-refractivity contribution in [2.45, 2.75) is 38.2 Å². The molecule has 1 aliphatic carbocycles. The molecule has 0 aliphatic heterocycles. The number of carbonyl (C=O) groups excluding carboxylic acids is 1. The van der Waals surface area contributed by atoms with Gasteiger partial charge in [0, 0.05) is 12.8 Å². The Bertz CT molecular complexity index is 417. The van der Waals surface area contributed by atoms with Crippen molar-refractivity contribution in [2.75, 3.05) is 0 Å². The predicted octanol–water partition coefficient (Wildman–Crippen LogP) is 3.73. The fourth-order valence-corrected chi connectivity index (χ4v) is 2.21. The predicted molar refractivity (Wildman–Crippen MR) is 63.2 cm³/mol. The molecule has 98 valence electrons. The Kier molecular flexibility index (Phi) is 3.64. The van der Waals surface area contributed by atoms with Crippen LogP contribution in [0.25, 0.3) is 0 Å². The van der Waals surface area contributed by atoms with Crippen LogP contribution in [-0.4, -0.2) is 11.9 Å². The second-order valence-corrected chi connectivity index (χ2v) is 4.79. The van der Waals surface area contributed by atoms with Crippen LogP contribution >= 0.6 is 0 Å². The van der Waals surface area contributed by atoms with Crippen LogP contribution in [0.2, 0.25) is 0 Å². The Labute approximate surface area is 105 Å². The monoisotopic (exact) mass is 254 g/mol. The smallest absolute Gasteiger partial charge is 0.309 e. The van der Waals surface area contributed by atoms with Crippen molar-refractivity contribution < 1.29 is 18.3 Å². The van der Waals surface area contributed by atoms with Gasteiger partial charge in [0.25, 0.3) is 0 Å². The molecule has 0 heterocycles. The highest BCUT2D eigenvalue weighted by Gasteiger charge is 2.43. The third-order valence-electron chi connectivity index (χ3n) is 3.30. The molecule has 1 aromatic rings. The second-order valence-electron chi connectivity index (χ2n) is 4.79. The molecule has 4 heteroatoms. The van der Waals surface area contributed by atoms with E-state index in [0.717, 1.165) is 5.56 Å². The first kappa shape index (κ1) is 13.0. The summed E-state index contributed by atoms with van der Waals surface area (Å²) in [7, 11) is 0. The van der Waals surface area contributed by atoms with Crippen molar-refractivity contribution in [3.63, 3.8) is 0 Å². The molecule has 2 nitrogen and oxygen atoms in total. The molecule has 1 unspecified atom stereocenters. The number of rotatable bonds is 3. The van der Waals surface area contributed by atoms with Crippen LogP contribution in [0.3, 0.4) is 0 Å². The second kappa shape index (κ2) is 5.04. The largest absolute Gasteiger partial charge is 0.458 e. The van der Waals surface area contributed by atoms with Crippen LogP contribution in [0.5, 0.6) is 0 Å². The summed E-state index contributed by atoms with van der Waals surface area (Å²) >= 11 is 0. The standard InChI is InChI=1S/C14H16F2O2/c1-10(11-5-3-2-4-6-11)18-13(17)12-7-8-14(15,16)9-12/h2-6,10,12H,7-9H2,1H3/t10?,12-/m0/s1. The number of hydrogen-bond donors (Lipinski definition) is 0. The first-order valence-corrected chi connectivity index (χ1v) is 6.11. The molecule has 0 N–H and O–H groups in total. The minimum atomic E-state index is -2.71. The molecule has 0 amide bonds. The lowest BCUT2D eigenvalue weighted by Gasteiger charge is -2.16. The summed E-state index contributed by atoms with van der Waals surface area (Å²) in [5, 5.41) is 0. The van der Waals surface area contributed by atoms with Crippen LogP contribution in [0.1, 0.15) is 37.9 Å². The van der Waals surface area contributed by atoms with E-state index in [1.165, 1.54) is 0 Å². The third-order valence-corrected chi connectivity index (χ3v) is 3.30. The molecule has 18 heavy (non-hydrogen) atoms. The maximum Gasteiger partial charge on any atom is 0.309 e. The summed E-state index contributed by atoms with van der Waals surface area (Å²) in [6.07, 6.45) is -0.777. The van der Waals surface area contributed by atoms with Crippen molar-refractivity contribution in [2.24, 2.45) is 5.92 Å². The number of carbonyl (C=O) groups is 1. The van der Waals surface area contributed by atoms with Crippen molar-refractivity contribution >= 4 is 5.97 Å². The summed E-state index contributed by atoms with van der Waals surface area (Å²) in [5.74, 6) is -3.88. The molecule has 0 spiro atoms. The number of hydrogen-bond acceptors (Lipinski definition) is 2. The lowest BCUT2D eigenvalue weighted by atomic mass is 10.1. The van der Waals surface area contributed by atoms with Gasteiger partial charge in [-0.3, -0.25) is 4.79 Å². The Morgan fingerprint density at radius 1 is 1.39 bits per heavy atom. The molecule has 0 bridgehead atoms. The summed E-state index contributed by atoms with van der Waals surface area (Å²) in [6, 6.07) is 9.27. The number of ether oxygens (including phenoxy) is 1. The summed E-state index contributed by atoms with van der Waals surface area (Å²) in [6.45, 7) is 1.75. The molecule has 0 aromatic heterocycles. The Morgan fingerprint density at radius 3 is 2.61 bits per heavy atom. The lowest BCUT2D eigenvalue weighted by Crippen LogP contribution is -2.19. The van der Waals surface area contributed by atoms with Crippen LogP contribution in [0.4, 0.5) is 8.78 Å². The van der Waals surface area contributed by atoms with Gasteiger partial charge in [0.1, 0.15) is 6.10 Å². The van der Waals surface area contributed by atoms with Crippen molar-refractivity contribution in [1.29, 1.82) is 0 Å². The maximum atomic E-state index is 13.0. The zero-order chi connectivity index (χ0) is 13.2. The van der Waals surface area contributed by atoms with Crippen molar-refractivity contribution in [3.8, 4) is 0 Å². The molecule has 1 fully saturated rings. The molecular formula is C14H16F2O2. The van der Waals surface area contributed by atoms with E-state index >= 15 is 0 Å². The number of esters is 1. The summed E-state index contributed by atoms with van der Waals surface area (Å²) in [4.78, 5) is 11.8. The molecule has 1 aliphatic rings. The fraction of sp³-hybridized carbons (Fsp3) is 0.500. The van der Waals surface area contributed by atoms with Crippen molar-refractivity contribution in [1.82, 2.24) is 0 Å². The zero-order valence-corrected chi connectivity index (χ0v) is 10.2. The summed E-state index contributed by atoms with van der Waals surface area (Å²) in [5.41, 5.74) is 0.871. The Morgan fingerprint density at radius 2 is 2.06 bits per heavy atom. The number of halogens is 2. The lowest BCUT2D eigenvalue weighted by molar-refractivity contribution is -0.154. The van der Waals surface area contributed by atoms with Crippen LogP contribution in [0.15, 0.2) is 30.3 Å². The minimum absolute atomic E-state index is 0.216. The van der Waals surface area contributed by atoms with E-state index in [2.05, 4.69) is 0 Å². The third kappa shape index (κ3) is 3.06. The van der Waals surface area contributed by atoms with Crippen LogP contribution in [0, 0.1) is 5.92 Å². The number of alkyl halides is 2. The van der Waals surface area contributed by atoms with Gasteiger partial charge in [0.15, 0.2) is 0 Å². The van der Waals surface area contributed by atoms with E-state index in [1.807, 2.05) is 30.3 Å². The van der Waals surface area contributed by atoms with Gasteiger partial charge in [-0.25, -0.2) is 8.78 Å². The van der Waals surface area contributed by atoms with Gasteiger partial charge in [-0.05, 0) is 18.9 Å². The first-order chi connectivity index (χ1) is 8.48. The maximum absolute atomic E-state index is 13.0. The van der Waals surface area contributed by atoms with Crippen LogP contribution in [-0.2, 0) is 9.53 Å². The fourth-order valence-electron chi connectivity index (χ4n) is 2.21. The van der Waals surface area contributed by atoms with E-state index < -0.39 is 23.9 Å².